The van der Waals surface area contributed by atoms with Gasteiger partial charge in [0.25, 0.3) is 0 Å². The molecular formula is C26H37N3O5S. The number of nitrogens with one attached hydrogen (secondary N) is 1. The summed E-state index contributed by atoms with van der Waals surface area (Å²) in [6, 6.07) is 13.9. The van der Waals surface area contributed by atoms with Gasteiger partial charge < -0.3 is 15.0 Å². The number of carbonyl (C=O) groups is 2. The molecule has 1 atom stereocenters. The molecule has 0 unspecified atom stereocenters. The predicted octanol–water partition coefficient (Wildman–Crippen LogP) is 3.49. The second kappa shape index (κ2) is 13.1. The fourth-order valence-corrected chi connectivity index (χ4v) is 4.59. The molecule has 0 bridgehead atoms. The summed E-state index contributed by atoms with van der Waals surface area (Å²) < 4.78 is 31.3. The van der Waals surface area contributed by atoms with E-state index < -0.39 is 16.1 Å². The van der Waals surface area contributed by atoms with Crippen LogP contribution in [0.15, 0.2) is 48.5 Å². The molecule has 35 heavy (non-hydrogen) atoms. The quantitative estimate of drug-likeness (QED) is 0.451. The van der Waals surface area contributed by atoms with Crippen LogP contribution in [0, 0.1) is 6.92 Å². The SMILES string of the molecule is CCCNC(=O)[C@H](C)N(Cc1ccc(OC)cc1)C(=O)CCCN(c1ccc(C)cc1)S(C)(=O)=O. The first kappa shape index (κ1) is 28.2. The highest BCUT2D eigenvalue weighted by molar-refractivity contribution is 7.92. The Morgan fingerprint density at radius 1 is 1.06 bits per heavy atom. The van der Waals surface area contributed by atoms with E-state index in [1.165, 1.54) is 4.31 Å². The number of rotatable bonds is 13. The third-order valence-electron chi connectivity index (χ3n) is 5.70. The molecule has 0 aromatic heterocycles. The topological polar surface area (TPSA) is 96.0 Å². The van der Waals surface area contributed by atoms with E-state index in [1.807, 2.05) is 50.2 Å². The fourth-order valence-electron chi connectivity index (χ4n) is 3.62. The number of amides is 2. The Labute approximate surface area is 209 Å². The van der Waals surface area contributed by atoms with Crippen molar-refractivity contribution >= 4 is 27.5 Å². The number of hydrogen-bond acceptors (Lipinski definition) is 5. The summed E-state index contributed by atoms with van der Waals surface area (Å²) in [5.41, 5.74) is 2.46. The molecule has 0 aliphatic heterocycles. The number of ether oxygens (including phenoxy) is 1. The van der Waals surface area contributed by atoms with Crippen molar-refractivity contribution in [1.29, 1.82) is 0 Å². The van der Waals surface area contributed by atoms with Crippen LogP contribution in [0.3, 0.4) is 0 Å². The molecule has 0 radical (unpaired) electrons. The van der Waals surface area contributed by atoms with Gasteiger partial charge in [-0.05, 0) is 56.5 Å². The summed E-state index contributed by atoms with van der Waals surface area (Å²) in [4.78, 5) is 27.5. The average molecular weight is 504 g/mol. The zero-order valence-corrected chi connectivity index (χ0v) is 22.1. The van der Waals surface area contributed by atoms with E-state index in [9.17, 15) is 18.0 Å². The molecule has 2 aromatic rings. The van der Waals surface area contributed by atoms with Crippen LogP contribution in [0.2, 0.25) is 0 Å². The molecule has 192 valence electrons. The summed E-state index contributed by atoms with van der Waals surface area (Å²) in [6.07, 6.45) is 2.39. The van der Waals surface area contributed by atoms with Gasteiger partial charge in [0.1, 0.15) is 11.8 Å². The van der Waals surface area contributed by atoms with E-state index in [4.69, 9.17) is 4.74 Å². The Morgan fingerprint density at radius 2 is 1.69 bits per heavy atom. The molecule has 8 nitrogen and oxygen atoms in total. The monoisotopic (exact) mass is 503 g/mol. The zero-order valence-electron chi connectivity index (χ0n) is 21.3. The lowest BCUT2D eigenvalue weighted by Gasteiger charge is -2.29. The van der Waals surface area contributed by atoms with Crippen LogP contribution in [0.25, 0.3) is 0 Å². The molecule has 9 heteroatoms. The molecule has 1 N–H and O–H groups in total. The first-order valence-corrected chi connectivity index (χ1v) is 13.7. The molecule has 0 heterocycles. The van der Waals surface area contributed by atoms with Gasteiger partial charge >= 0.3 is 0 Å². The summed E-state index contributed by atoms with van der Waals surface area (Å²) in [6.45, 7) is 6.57. The Kier molecular flexibility index (Phi) is 10.6. The fraction of sp³-hybridized carbons (Fsp3) is 0.462. The lowest BCUT2D eigenvalue weighted by atomic mass is 10.1. The Bertz CT molecular complexity index is 1070. The van der Waals surface area contributed by atoms with Crippen LogP contribution in [0.5, 0.6) is 5.75 Å². The van der Waals surface area contributed by atoms with Crippen molar-refractivity contribution in [1.82, 2.24) is 10.2 Å². The summed E-state index contributed by atoms with van der Waals surface area (Å²) in [5.74, 6) is 0.279. The van der Waals surface area contributed by atoms with Gasteiger partial charge in [-0.25, -0.2) is 8.42 Å². The van der Waals surface area contributed by atoms with Crippen LogP contribution in [0.4, 0.5) is 5.69 Å². The standard InChI is InChI=1S/C26H37N3O5S/c1-6-17-27-26(31)21(3)28(19-22-11-15-24(34-4)16-12-22)25(30)8-7-18-29(35(5,32)33)23-13-9-20(2)10-14-23/h9-16,21H,6-8,17-19H2,1-5H3,(H,27,31)/t21-/m0/s1. The van der Waals surface area contributed by atoms with Crippen LogP contribution >= 0.6 is 0 Å². The smallest absolute Gasteiger partial charge is 0.242 e. The summed E-state index contributed by atoms with van der Waals surface area (Å²) in [7, 11) is -1.93. The highest BCUT2D eigenvalue weighted by Gasteiger charge is 2.26. The Hall–Kier alpha value is -3.07. The lowest BCUT2D eigenvalue weighted by Crippen LogP contribution is -2.47. The second-order valence-electron chi connectivity index (χ2n) is 8.61. The maximum absolute atomic E-state index is 13.3. The number of carbonyl (C=O) groups excluding carboxylic acids is 2. The molecule has 2 amide bonds. The zero-order chi connectivity index (χ0) is 26.0. The second-order valence-corrected chi connectivity index (χ2v) is 10.5. The molecule has 0 aliphatic carbocycles. The minimum Gasteiger partial charge on any atom is -0.497 e. The minimum absolute atomic E-state index is 0.111. The van der Waals surface area contributed by atoms with E-state index in [1.54, 1.807) is 31.1 Å². The molecule has 2 aromatic carbocycles. The lowest BCUT2D eigenvalue weighted by molar-refractivity contribution is -0.140. The van der Waals surface area contributed by atoms with Crippen molar-refractivity contribution in [2.45, 2.75) is 52.6 Å². The van der Waals surface area contributed by atoms with Gasteiger partial charge in [-0.1, -0.05) is 36.8 Å². The first-order valence-electron chi connectivity index (χ1n) is 11.8. The maximum atomic E-state index is 13.3. The first-order chi connectivity index (χ1) is 16.6. The predicted molar refractivity (Wildman–Crippen MR) is 139 cm³/mol. The summed E-state index contributed by atoms with van der Waals surface area (Å²) in [5, 5.41) is 2.85. The van der Waals surface area contributed by atoms with E-state index in [-0.39, 0.29) is 31.3 Å². The molecular weight excluding hydrogens is 466 g/mol. The third kappa shape index (κ3) is 8.58. The third-order valence-corrected chi connectivity index (χ3v) is 6.90. The van der Waals surface area contributed by atoms with Crippen molar-refractivity contribution in [2.75, 3.05) is 30.8 Å². The Balaban J connectivity index is 2.14. The van der Waals surface area contributed by atoms with Crippen LogP contribution in [-0.2, 0) is 26.2 Å². The number of benzene rings is 2. The molecule has 0 aliphatic rings. The van der Waals surface area contributed by atoms with Crippen molar-refractivity contribution in [3.05, 3.63) is 59.7 Å². The minimum atomic E-state index is -3.51. The van der Waals surface area contributed by atoms with Gasteiger partial charge in [0.05, 0.1) is 19.1 Å². The number of nitrogens with zero attached hydrogens (tertiary/aromatic N) is 2. The number of methoxy groups -OCH3 is 1. The number of anilines is 1. The highest BCUT2D eigenvalue weighted by atomic mass is 32.2. The van der Waals surface area contributed by atoms with Gasteiger partial charge in [0, 0.05) is 26.1 Å². The summed E-state index contributed by atoms with van der Waals surface area (Å²) >= 11 is 0. The van der Waals surface area contributed by atoms with Gasteiger partial charge in [-0.3, -0.25) is 13.9 Å². The molecule has 0 saturated heterocycles. The van der Waals surface area contributed by atoms with Crippen LogP contribution in [0.1, 0.15) is 44.2 Å². The largest absolute Gasteiger partial charge is 0.497 e. The maximum Gasteiger partial charge on any atom is 0.242 e. The van der Waals surface area contributed by atoms with Crippen molar-refractivity contribution < 1.29 is 22.7 Å². The molecule has 0 saturated carbocycles. The molecule has 0 spiro atoms. The highest BCUT2D eigenvalue weighted by Crippen LogP contribution is 2.20. The number of hydrogen-bond donors (Lipinski definition) is 1. The number of sulfonamides is 1. The van der Waals surface area contributed by atoms with Crippen molar-refractivity contribution in [3.63, 3.8) is 0 Å². The normalized spacial score (nSPS) is 12.0. The molecule has 0 fully saturated rings. The van der Waals surface area contributed by atoms with Crippen molar-refractivity contribution in [3.8, 4) is 5.75 Å². The van der Waals surface area contributed by atoms with Gasteiger partial charge in [-0.2, -0.15) is 0 Å². The van der Waals surface area contributed by atoms with E-state index >= 15 is 0 Å². The van der Waals surface area contributed by atoms with E-state index in [0.717, 1.165) is 23.8 Å². The van der Waals surface area contributed by atoms with Gasteiger partial charge in [-0.15, -0.1) is 0 Å². The van der Waals surface area contributed by atoms with E-state index in [2.05, 4.69) is 5.32 Å². The van der Waals surface area contributed by atoms with Gasteiger partial charge in [0.2, 0.25) is 21.8 Å². The van der Waals surface area contributed by atoms with Crippen LogP contribution in [-0.4, -0.2) is 57.6 Å². The Morgan fingerprint density at radius 3 is 2.23 bits per heavy atom. The van der Waals surface area contributed by atoms with Gasteiger partial charge in [0.15, 0.2) is 0 Å². The van der Waals surface area contributed by atoms with E-state index in [0.29, 0.717) is 24.4 Å². The average Bonchev–Trinajstić information content (AvgIpc) is 2.83. The number of aryl methyl sites for hydroxylation is 1. The van der Waals surface area contributed by atoms with Crippen molar-refractivity contribution in [2.24, 2.45) is 0 Å². The molecule has 2 rings (SSSR count). The van der Waals surface area contributed by atoms with Crippen LogP contribution < -0.4 is 14.4 Å².